The molecule has 150 valence electrons. The molecule has 0 aliphatic carbocycles. The van der Waals surface area contributed by atoms with Crippen molar-refractivity contribution in [3.05, 3.63) is 71.9 Å². The number of hydrogen-bond acceptors (Lipinski definition) is 3. The number of amides is 3. The van der Waals surface area contributed by atoms with Crippen LogP contribution in [0.25, 0.3) is 10.9 Å². The standard InChI is InChI=1S/C23H26N4O2/c28-22(16-6-2-1-3-7-16)27-23(29)26-19-12-13-24-18(14-19)11-10-17-15-25-21-9-5-4-8-20(17)21/h1-9,15,18-19,24-25H,10-14H2,(H2,26,27,28,29). The molecule has 6 nitrogen and oxygen atoms in total. The first-order valence-electron chi connectivity index (χ1n) is 10.1. The first-order valence-corrected chi connectivity index (χ1v) is 10.1. The van der Waals surface area contributed by atoms with Gasteiger partial charge in [-0.3, -0.25) is 10.1 Å². The third-order valence-corrected chi connectivity index (χ3v) is 5.53. The van der Waals surface area contributed by atoms with Gasteiger partial charge in [0.05, 0.1) is 0 Å². The zero-order valence-electron chi connectivity index (χ0n) is 16.3. The fourth-order valence-electron chi connectivity index (χ4n) is 4.01. The van der Waals surface area contributed by atoms with Crippen molar-refractivity contribution in [2.75, 3.05) is 6.54 Å². The maximum Gasteiger partial charge on any atom is 0.321 e. The molecule has 3 amide bonds. The molecule has 1 aliphatic heterocycles. The van der Waals surface area contributed by atoms with Crippen molar-refractivity contribution in [1.82, 2.24) is 20.9 Å². The molecule has 0 radical (unpaired) electrons. The molecule has 4 rings (SSSR count). The molecule has 1 aliphatic rings. The van der Waals surface area contributed by atoms with Gasteiger partial charge >= 0.3 is 6.03 Å². The lowest BCUT2D eigenvalue weighted by molar-refractivity contribution is 0.0962. The van der Waals surface area contributed by atoms with Crippen molar-refractivity contribution < 1.29 is 9.59 Å². The van der Waals surface area contributed by atoms with Gasteiger partial charge in [0.25, 0.3) is 5.91 Å². The summed E-state index contributed by atoms with van der Waals surface area (Å²) in [5.74, 6) is -0.382. The molecule has 2 heterocycles. The molecular formula is C23H26N4O2. The Bertz CT molecular complexity index is 983. The van der Waals surface area contributed by atoms with Gasteiger partial charge in [0.1, 0.15) is 0 Å². The normalized spacial score (nSPS) is 19.0. The molecule has 29 heavy (non-hydrogen) atoms. The van der Waals surface area contributed by atoms with E-state index in [0.29, 0.717) is 11.6 Å². The number of aryl methyl sites for hydroxylation is 1. The summed E-state index contributed by atoms with van der Waals surface area (Å²) >= 11 is 0. The van der Waals surface area contributed by atoms with E-state index in [1.54, 1.807) is 24.3 Å². The predicted octanol–water partition coefficient (Wildman–Crippen LogP) is 3.36. The lowest BCUT2D eigenvalue weighted by Crippen LogP contribution is -2.51. The molecule has 2 aromatic carbocycles. The number of aromatic amines is 1. The average molecular weight is 390 g/mol. The second kappa shape index (κ2) is 8.92. The van der Waals surface area contributed by atoms with E-state index in [2.05, 4.69) is 45.3 Å². The molecule has 0 saturated carbocycles. The van der Waals surface area contributed by atoms with Gasteiger partial charge in [0.15, 0.2) is 0 Å². The largest absolute Gasteiger partial charge is 0.361 e. The Hall–Kier alpha value is -3.12. The van der Waals surface area contributed by atoms with E-state index in [4.69, 9.17) is 0 Å². The molecule has 2 atom stereocenters. The van der Waals surface area contributed by atoms with Crippen molar-refractivity contribution in [3.8, 4) is 0 Å². The quantitative estimate of drug-likeness (QED) is 0.539. The number of para-hydroxylation sites is 1. The minimum absolute atomic E-state index is 0.0628. The lowest BCUT2D eigenvalue weighted by atomic mass is 9.94. The summed E-state index contributed by atoms with van der Waals surface area (Å²) < 4.78 is 0. The molecule has 1 fully saturated rings. The maximum absolute atomic E-state index is 12.2. The topological polar surface area (TPSA) is 86.0 Å². The van der Waals surface area contributed by atoms with Crippen molar-refractivity contribution in [3.63, 3.8) is 0 Å². The van der Waals surface area contributed by atoms with Crippen LogP contribution in [0.15, 0.2) is 60.8 Å². The van der Waals surface area contributed by atoms with E-state index >= 15 is 0 Å². The molecule has 1 saturated heterocycles. The van der Waals surface area contributed by atoms with Crippen LogP contribution >= 0.6 is 0 Å². The van der Waals surface area contributed by atoms with Crippen LogP contribution in [0.1, 0.15) is 35.2 Å². The highest BCUT2D eigenvalue weighted by molar-refractivity contribution is 6.04. The predicted molar refractivity (Wildman–Crippen MR) is 114 cm³/mol. The third-order valence-electron chi connectivity index (χ3n) is 5.53. The van der Waals surface area contributed by atoms with Crippen LogP contribution in [-0.2, 0) is 6.42 Å². The van der Waals surface area contributed by atoms with E-state index in [-0.39, 0.29) is 11.9 Å². The highest BCUT2D eigenvalue weighted by Crippen LogP contribution is 2.21. The molecule has 0 spiro atoms. The Morgan fingerprint density at radius 2 is 1.83 bits per heavy atom. The van der Waals surface area contributed by atoms with Crippen LogP contribution in [0.2, 0.25) is 0 Å². The first-order chi connectivity index (χ1) is 14.2. The number of piperidine rings is 1. The Kier molecular flexibility index (Phi) is 5.91. The van der Waals surface area contributed by atoms with E-state index in [0.717, 1.165) is 32.2 Å². The van der Waals surface area contributed by atoms with E-state index in [9.17, 15) is 9.59 Å². The molecule has 1 aromatic heterocycles. The number of nitrogens with one attached hydrogen (secondary N) is 4. The smallest absolute Gasteiger partial charge is 0.321 e. The van der Waals surface area contributed by atoms with E-state index in [1.807, 2.05) is 12.1 Å². The van der Waals surface area contributed by atoms with Crippen LogP contribution in [0.5, 0.6) is 0 Å². The fraction of sp³-hybridized carbons (Fsp3) is 0.304. The van der Waals surface area contributed by atoms with E-state index in [1.165, 1.54) is 16.5 Å². The van der Waals surface area contributed by atoms with Crippen molar-refractivity contribution in [2.45, 2.75) is 37.8 Å². The zero-order chi connectivity index (χ0) is 20.1. The van der Waals surface area contributed by atoms with Crippen LogP contribution < -0.4 is 16.0 Å². The summed E-state index contributed by atoms with van der Waals surface area (Å²) in [6, 6.07) is 17.1. The Balaban J connectivity index is 1.27. The molecule has 0 bridgehead atoms. The third kappa shape index (κ3) is 4.84. The SMILES string of the molecule is O=C(NC(=O)c1ccccc1)NC1CCNC(CCc2c[nH]c3ccccc23)C1. The van der Waals surface area contributed by atoms with Crippen LogP contribution in [-0.4, -0.2) is 35.6 Å². The van der Waals surface area contributed by atoms with E-state index < -0.39 is 6.03 Å². The fourth-order valence-corrected chi connectivity index (χ4v) is 4.01. The summed E-state index contributed by atoms with van der Waals surface area (Å²) in [7, 11) is 0. The van der Waals surface area contributed by atoms with Gasteiger partial charge in [-0.05, 0) is 56.0 Å². The highest BCUT2D eigenvalue weighted by Gasteiger charge is 2.23. The average Bonchev–Trinajstić information content (AvgIpc) is 3.16. The number of H-pyrrole nitrogens is 1. The molecule has 4 N–H and O–H groups in total. The number of hydrogen-bond donors (Lipinski definition) is 4. The first kappa shape index (κ1) is 19.2. The van der Waals surface area contributed by atoms with Crippen LogP contribution in [0.4, 0.5) is 4.79 Å². The van der Waals surface area contributed by atoms with Gasteiger partial charge in [0.2, 0.25) is 0 Å². The number of benzene rings is 2. The second-order valence-corrected chi connectivity index (χ2v) is 7.56. The summed E-state index contributed by atoms with van der Waals surface area (Å²) in [5, 5.41) is 10.2. The van der Waals surface area contributed by atoms with Gasteiger partial charge in [-0.25, -0.2) is 4.79 Å². The number of imide groups is 1. The minimum Gasteiger partial charge on any atom is -0.361 e. The summed E-state index contributed by atoms with van der Waals surface area (Å²) in [6.45, 7) is 0.857. The Morgan fingerprint density at radius 3 is 2.69 bits per heavy atom. The summed E-state index contributed by atoms with van der Waals surface area (Å²) in [4.78, 5) is 27.7. The Labute approximate surface area is 170 Å². The number of carbonyl (C=O) groups is 2. The van der Waals surface area contributed by atoms with Gasteiger partial charge in [0, 0.05) is 34.7 Å². The summed E-state index contributed by atoms with van der Waals surface area (Å²) in [6.07, 6.45) is 5.79. The number of urea groups is 1. The van der Waals surface area contributed by atoms with Gasteiger partial charge < -0.3 is 15.6 Å². The monoisotopic (exact) mass is 390 g/mol. The number of aromatic nitrogens is 1. The molecule has 2 unspecified atom stereocenters. The van der Waals surface area contributed by atoms with Crippen LogP contribution in [0.3, 0.4) is 0 Å². The number of fused-ring (bicyclic) bond motifs is 1. The molecule has 3 aromatic rings. The lowest BCUT2D eigenvalue weighted by Gasteiger charge is -2.31. The Morgan fingerprint density at radius 1 is 1.03 bits per heavy atom. The number of carbonyl (C=O) groups excluding carboxylic acids is 2. The van der Waals surface area contributed by atoms with Crippen molar-refractivity contribution in [2.24, 2.45) is 0 Å². The highest BCUT2D eigenvalue weighted by atomic mass is 16.2. The van der Waals surface area contributed by atoms with Crippen molar-refractivity contribution >= 4 is 22.8 Å². The van der Waals surface area contributed by atoms with Crippen LogP contribution in [0, 0.1) is 0 Å². The number of rotatable bonds is 5. The second-order valence-electron chi connectivity index (χ2n) is 7.56. The maximum atomic E-state index is 12.2. The molecular weight excluding hydrogens is 364 g/mol. The minimum atomic E-state index is -0.430. The summed E-state index contributed by atoms with van der Waals surface area (Å²) in [5.41, 5.74) is 2.96. The van der Waals surface area contributed by atoms with Gasteiger partial charge in [-0.1, -0.05) is 36.4 Å². The van der Waals surface area contributed by atoms with Gasteiger partial charge in [-0.2, -0.15) is 0 Å². The zero-order valence-corrected chi connectivity index (χ0v) is 16.3. The van der Waals surface area contributed by atoms with Gasteiger partial charge in [-0.15, -0.1) is 0 Å². The van der Waals surface area contributed by atoms with Crippen molar-refractivity contribution in [1.29, 1.82) is 0 Å². The molecule has 6 heteroatoms.